The predicted octanol–water partition coefficient (Wildman–Crippen LogP) is 2.92. The molecule has 0 amide bonds. The van der Waals surface area contributed by atoms with Crippen LogP contribution in [0.2, 0.25) is 0 Å². The zero-order chi connectivity index (χ0) is 20.0. The lowest BCUT2D eigenvalue weighted by atomic mass is 10.1. The highest BCUT2D eigenvalue weighted by Crippen LogP contribution is 2.07. The van der Waals surface area contributed by atoms with Gasteiger partial charge >= 0.3 is 0 Å². The third-order valence-electron chi connectivity index (χ3n) is 3.60. The SMILES string of the molecule is C1=NN=C(c2ccccc2)C1.COCc1nncn1C.COc1cccnc1. The highest BCUT2D eigenvalue weighted by molar-refractivity contribution is 6.09. The minimum atomic E-state index is 0.524. The molecule has 8 heteroatoms. The van der Waals surface area contributed by atoms with Gasteiger partial charge in [0.25, 0.3) is 0 Å². The van der Waals surface area contributed by atoms with Crippen LogP contribution in [0.3, 0.4) is 0 Å². The average molecular weight is 380 g/mol. The van der Waals surface area contributed by atoms with E-state index in [9.17, 15) is 0 Å². The molecule has 1 aromatic carbocycles. The predicted molar refractivity (Wildman–Crippen MR) is 109 cm³/mol. The van der Waals surface area contributed by atoms with Gasteiger partial charge in [-0.25, -0.2) is 0 Å². The molecule has 4 rings (SSSR count). The number of ether oxygens (including phenoxy) is 2. The Balaban J connectivity index is 0.000000153. The number of nitrogens with zero attached hydrogens (tertiary/aromatic N) is 6. The Morgan fingerprint density at radius 1 is 1.07 bits per heavy atom. The second kappa shape index (κ2) is 12.1. The first-order valence-electron chi connectivity index (χ1n) is 8.64. The van der Waals surface area contributed by atoms with E-state index in [4.69, 9.17) is 9.47 Å². The molecule has 0 saturated heterocycles. The summed E-state index contributed by atoms with van der Waals surface area (Å²) in [5.74, 6) is 1.64. The third kappa shape index (κ3) is 7.08. The Hall–Kier alpha value is -3.39. The number of benzene rings is 1. The number of hydrogen-bond donors (Lipinski definition) is 0. The van der Waals surface area contributed by atoms with E-state index in [-0.39, 0.29) is 0 Å². The van der Waals surface area contributed by atoms with Crippen LogP contribution in [-0.4, -0.2) is 45.9 Å². The smallest absolute Gasteiger partial charge is 0.158 e. The summed E-state index contributed by atoms with van der Waals surface area (Å²) in [5.41, 5.74) is 2.23. The molecule has 0 bridgehead atoms. The van der Waals surface area contributed by atoms with E-state index in [1.807, 2.05) is 60.3 Å². The molecule has 1 aliphatic rings. The minimum Gasteiger partial charge on any atom is -0.495 e. The topological polar surface area (TPSA) is 86.8 Å². The molecule has 0 unspecified atom stereocenters. The summed E-state index contributed by atoms with van der Waals surface area (Å²) in [6.45, 7) is 0.524. The fourth-order valence-corrected chi connectivity index (χ4v) is 2.12. The molecular weight excluding hydrogens is 356 g/mol. The van der Waals surface area contributed by atoms with Crippen LogP contribution in [0.4, 0.5) is 0 Å². The molecule has 0 atom stereocenters. The van der Waals surface area contributed by atoms with Crippen LogP contribution in [0.25, 0.3) is 0 Å². The van der Waals surface area contributed by atoms with Gasteiger partial charge in [0.2, 0.25) is 0 Å². The van der Waals surface area contributed by atoms with Gasteiger partial charge in [0, 0.05) is 33.0 Å². The molecule has 146 valence electrons. The maximum Gasteiger partial charge on any atom is 0.158 e. The Kier molecular flexibility index (Phi) is 9.02. The molecule has 0 saturated carbocycles. The van der Waals surface area contributed by atoms with E-state index in [0.717, 1.165) is 23.7 Å². The molecule has 0 radical (unpaired) electrons. The Labute approximate surface area is 164 Å². The summed E-state index contributed by atoms with van der Waals surface area (Å²) >= 11 is 0. The summed E-state index contributed by atoms with van der Waals surface area (Å²) < 4.78 is 11.5. The first kappa shape index (κ1) is 20.9. The molecule has 0 fully saturated rings. The third-order valence-corrected chi connectivity index (χ3v) is 3.60. The van der Waals surface area contributed by atoms with Gasteiger partial charge in [-0.05, 0) is 17.7 Å². The normalized spacial score (nSPS) is 11.6. The van der Waals surface area contributed by atoms with Crippen molar-refractivity contribution in [1.82, 2.24) is 19.7 Å². The van der Waals surface area contributed by atoms with Crippen molar-refractivity contribution in [3.8, 4) is 5.75 Å². The highest BCUT2D eigenvalue weighted by atomic mass is 16.5. The lowest BCUT2D eigenvalue weighted by molar-refractivity contribution is 0.175. The summed E-state index contributed by atoms with van der Waals surface area (Å²) in [4.78, 5) is 3.83. The summed E-state index contributed by atoms with van der Waals surface area (Å²) in [7, 11) is 5.14. The average Bonchev–Trinajstić information content (AvgIpc) is 3.43. The molecule has 8 nitrogen and oxygen atoms in total. The van der Waals surface area contributed by atoms with Crippen molar-refractivity contribution < 1.29 is 9.47 Å². The zero-order valence-corrected chi connectivity index (χ0v) is 16.3. The van der Waals surface area contributed by atoms with Crippen LogP contribution in [0, 0.1) is 0 Å². The summed E-state index contributed by atoms with van der Waals surface area (Å²) in [6.07, 6.45) is 7.71. The summed E-state index contributed by atoms with van der Waals surface area (Å²) in [6, 6.07) is 13.8. The monoisotopic (exact) mass is 380 g/mol. The second-order valence-corrected chi connectivity index (χ2v) is 5.60. The molecule has 3 aromatic rings. The zero-order valence-electron chi connectivity index (χ0n) is 16.3. The number of hydrogen-bond acceptors (Lipinski definition) is 7. The van der Waals surface area contributed by atoms with E-state index in [1.165, 1.54) is 5.56 Å². The lowest BCUT2D eigenvalue weighted by Crippen LogP contribution is -1.97. The van der Waals surface area contributed by atoms with Gasteiger partial charge < -0.3 is 14.0 Å². The van der Waals surface area contributed by atoms with E-state index in [2.05, 4.69) is 25.4 Å². The fourth-order valence-electron chi connectivity index (χ4n) is 2.12. The Bertz CT molecular complexity index is 863. The van der Waals surface area contributed by atoms with Crippen molar-refractivity contribution in [2.75, 3.05) is 14.2 Å². The Morgan fingerprint density at radius 3 is 2.39 bits per heavy atom. The van der Waals surface area contributed by atoms with E-state index < -0.39 is 0 Å². The van der Waals surface area contributed by atoms with Gasteiger partial charge in [0.15, 0.2) is 5.82 Å². The second-order valence-electron chi connectivity index (χ2n) is 5.60. The Morgan fingerprint density at radius 2 is 1.89 bits per heavy atom. The molecule has 3 heterocycles. The van der Waals surface area contributed by atoms with Crippen molar-refractivity contribution in [2.45, 2.75) is 13.0 Å². The van der Waals surface area contributed by atoms with E-state index in [0.29, 0.717) is 6.61 Å². The van der Waals surface area contributed by atoms with Crippen LogP contribution in [0.1, 0.15) is 17.8 Å². The van der Waals surface area contributed by atoms with Crippen molar-refractivity contribution >= 4 is 11.9 Å². The lowest BCUT2D eigenvalue weighted by Gasteiger charge is -1.95. The van der Waals surface area contributed by atoms with Crippen LogP contribution in [-0.2, 0) is 18.4 Å². The van der Waals surface area contributed by atoms with Gasteiger partial charge in [0.1, 0.15) is 18.7 Å². The first-order valence-corrected chi connectivity index (χ1v) is 8.64. The number of aryl methyl sites for hydroxylation is 1. The molecule has 0 N–H and O–H groups in total. The maximum absolute atomic E-state index is 4.85. The standard InChI is InChI=1S/C9H8N2.C6H7NO.C5H9N3O/c1-2-4-8(5-3-1)9-6-7-10-11-9;1-8-6-3-2-4-7-5-6;1-8-4-6-7-5(8)3-9-2/h1-5,7H,6H2;2-5H,1H3;4H,3H2,1-2H3. The van der Waals surface area contributed by atoms with Crippen molar-refractivity contribution in [2.24, 2.45) is 17.3 Å². The molecular formula is C20H24N6O2. The molecule has 2 aromatic heterocycles. The van der Waals surface area contributed by atoms with Gasteiger partial charge in [0.05, 0.1) is 19.0 Å². The number of aromatic nitrogens is 4. The number of pyridine rings is 1. The highest BCUT2D eigenvalue weighted by Gasteiger charge is 2.03. The first-order chi connectivity index (χ1) is 13.7. The van der Waals surface area contributed by atoms with Crippen molar-refractivity contribution in [3.63, 3.8) is 0 Å². The number of methoxy groups -OCH3 is 2. The minimum absolute atomic E-state index is 0.524. The maximum atomic E-state index is 4.85. The van der Waals surface area contributed by atoms with Crippen LogP contribution in [0.15, 0.2) is 71.4 Å². The van der Waals surface area contributed by atoms with Crippen LogP contribution in [0.5, 0.6) is 5.75 Å². The van der Waals surface area contributed by atoms with E-state index in [1.54, 1.807) is 32.9 Å². The van der Waals surface area contributed by atoms with Gasteiger partial charge in [-0.3, -0.25) is 4.98 Å². The number of rotatable bonds is 4. The molecule has 28 heavy (non-hydrogen) atoms. The quantitative estimate of drug-likeness (QED) is 0.694. The fraction of sp³-hybridized carbons (Fsp3) is 0.250. The van der Waals surface area contributed by atoms with Crippen molar-refractivity contribution in [3.05, 3.63) is 72.6 Å². The van der Waals surface area contributed by atoms with Gasteiger partial charge in [-0.15, -0.1) is 10.2 Å². The molecule has 1 aliphatic heterocycles. The van der Waals surface area contributed by atoms with Crippen LogP contribution < -0.4 is 4.74 Å². The van der Waals surface area contributed by atoms with Gasteiger partial charge in [-0.2, -0.15) is 10.2 Å². The molecule has 0 aliphatic carbocycles. The van der Waals surface area contributed by atoms with Gasteiger partial charge in [-0.1, -0.05) is 30.3 Å². The summed E-state index contributed by atoms with van der Waals surface area (Å²) in [5, 5.41) is 15.3. The van der Waals surface area contributed by atoms with Crippen molar-refractivity contribution in [1.29, 1.82) is 0 Å². The van der Waals surface area contributed by atoms with E-state index >= 15 is 0 Å². The van der Waals surface area contributed by atoms with Crippen LogP contribution >= 0.6 is 0 Å². The largest absolute Gasteiger partial charge is 0.495 e. The molecule has 0 spiro atoms.